The molecule has 1 N–H and O–H groups in total. The van der Waals surface area contributed by atoms with Gasteiger partial charge in [0.2, 0.25) is 5.91 Å². The second-order valence-corrected chi connectivity index (χ2v) is 10.9. The summed E-state index contributed by atoms with van der Waals surface area (Å²) in [5, 5.41) is 12.3. The van der Waals surface area contributed by atoms with Crippen molar-refractivity contribution in [1.29, 1.82) is 0 Å². The summed E-state index contributed by atoms with van der Waals surface area (Å²) in [6, 6.07) is 12.9. The molecular formula is C31H32ClN3O5. The molecule has 1 saturated heterocycles. The number of aromatic hydroxyl groups is 1. The molecule has 3 aliphatic rings. The second kappa shape index (κ2) is 11.0. The van der Waals surface area contributed by atoms with Gasteiger partial charge in [-0.05, 0) is 42.7 Å². The lowest BCUT2D eigenvalue weighted by molar-refractivity contribution is -0.118. The number of ether oxygens (including phenoxy) is 2. The second-order valence-electron chi connectivity index (χ2n) is 10.5. The molecule has 0 aliphatic carbocycles. The molecule has 3 aliphatic heterocycles. The van der Waals surface area contributed by atoms with Crippen LogP contribution < -0.4 is 14.4 Å². The molecule has 2 amide bonds. The van der Waals surface area contributed by atoms with Crippen LogP contribution in [0.25, 0.3) is 10.8 Å². The third-order valence-corrected chi connectivity index (χ3v) is 8.51. The van der Waals surface area contributed by atoms with Crippen molar-refractivity contribution in [1.82, 2.24) is 4.90 Å². The van der Waals surface area contributed by atoms with Gasteiger partial charge in [-0.3, -0.25) is 14.6 Å². The number of amides is 2. The van der Waals surface area contributed by atoms with E-state index in [2.05, 4.69) is 4.99 Å². The van der Waals surface area contributed by atoms with Crippen LogP contribution in [-0.4, -0.2) is 66.8 Å². The Morgan fingerprint density at radius 1 is 1.15 bits per heavy atom. The average molecular weight is 562 g/mol. The van der Waals surface area contributed by atoms with Gasteiger partial charge in [-0.2, -0.15) is 0 Å². The summed E-state index contributed by atoms with van der Waals surface area (Å²) in [6.45, 7) is 1.63. The van der Waals surface area contributed by atoms with Gasteiger partial charge in [0, 0.05) is 55.0 Å². The van der Waals surface area contributed by atoms with E-state index in [-0.39, 0.29) is 29.5 Å². The molecule has 0 spiro atoms. The van der Waals surface area contributed by atoms with Crippen LogP contribution in [0.3, 0.4) is 0 Å². The molecule has 8 nitrogen and oxygen atoms in total. The lowest BCUT2D eigenvalue weighted by atomic mass is 9.95. The number of methoxy groups -OCH3 is 1. The molecule has 40 heavy (non-hydrogen) atoms. The number of benzene rings is 3. The van der Waals surface area contributed by atoms with Crippen molar-refractivity contribution < 1.29 is 24.2 Å². The number of rotatable bonds is 8. The highest BCUT2D eigenvalue weighted by atomic mass is 35.5. The van der Waals surface area contributed by atoms with Crippen molar-refractivity contribution in [2.75, 3.05) is 37.6 Å². The van der Waals surface area contributed by atoms with E-state index < -0.39 is 0 Å². The minimum atomic E-state index is -0.0282. The number of carbonyl (C=O) groups excluding carboxylic acids is 2. The van der Waals surface area contributed by atoms with Gasteiger partial charge in [0.15, 0.2) is 11.5 Å². The fourth-order valence-corrected chi connectivity index (χ4v) is 6.36. The summed E-state index contributed by atoms with van der Waals surface area (Å²) in [5.74, 6) is 1.57. The van der Waals surface area contributed by atoms with Crippen molar-refractivity contribution >= 4 is 51.8 Å². The Hall–Kier alpha value is -3.78. The predicted molar refractivity (Wildman–Crippen MR) is 156 cm³/mol. The van der Waals surface area contributed by atoms with Crippen LogP contribution >= 0.6 is 11.6 Å². The van der Waals surface area contributed by atoms with E-state index in [0.29, 0.717) is 61.0 Å². The number of hydrogen-bond acceptors (Lipinski definition) is 6. The van der Waals surface area contributed by atoms with Crippen LogP contribution in [-0.2, 0) is 4.79 Å². The van der Waals surface area contributed by atoms with Gasteiger partial charge >= 0.3 is 0 Å². The van der Waals surface area contributed by atoms with Crippen LogP contribution in [0, 0.1) is 0 Å². The van der Waals surface area contributed by atoms with Gasteiger partial charge < -0.3 is 24.4 Å². The maximum absolute atomic E-state index is 13.2. The average Bonchev–Trinajstić information content (AvgIpc) is 3.57. The number of halogens is 1. The highest BCUT2D eigenvalue weighted by molar-refractivity contribution is 6.19. The highest BCUT2D eigenvalue weighted by Gasteiger charge is 2.34. The number of anilines is 1. The minimum absolute atomic E-state index is 0.000410. The highest BCUT2D eigenvalue weighted by Crippen LogP contribution is 2.45. The summed E-state index contributed by atoms with van der Waals surface area (Å²) in [7, 11) is 1.55. The normalized spacial score (nSPS) is 19.4. The van der Waals surface area contributed by atoms with Crippen molar-refractivity contribution in [3.05, 3.63) is 53.6 Å². The molecule has 208 valence electrons. The topological polar surface area (TPSA) is 91.7 Å². The summed E-state index contributed by atoms with van der Waals surface area (Å²) in [4.78, 5) is 34.5. The predicted octanol–water partition coefficient (Wildman–Crippen LogP) is 5.79. The first-order chi connectivity index (χ1) is 19.5. The Morgan fingerprint density at radius 3 is 2.77 bits per heavy atom. The number of nitrogens with zero attached hydrogens (tertiary/aromatic N) is 3. The Balaban J connectivity index is 1.09. The molecule has 1 fully saturated rings. The van der Waals surface area contributed by atoms with Gasteiger partial charge in [-0.25, -0.2) is 0 Å². The number of alkyl halides is 1. The number of phenols is 1. The van der Waals surface area contributed by atoms with E-state index in [1.165, 1.54) is 0 Å². The smallest absolute Gasteiger partial charge is 0.256 e. The molecule has 0 bridgehead atoms. The lowest BCUT2D eigenvalue weighted by Gasteiger charge is -2.20. The quantitative estimate of drug-likeness (QED) is 0.277. The zero-order chi connectivity index (χ0) is 27.8. The van der Waals surface area contributed by atoms with Crippen LogP contribution in [0.4, 0.5) is 11.4 Å². The van der Waals surface area contributed by atoms with Gasteiger partial charge in [0.05, 0.1) is 36.7 Å². The monoisotopic (exact) mass is 561 g/mol. The number of carbonyl (C=O) groups is 2. The van der Waals surface area contributed by atoms with E-state index in [0.717, 1.165) is 41.4 Å². The molecule has 0 saturated carbocycles. The largest absolute Gasteiger partial charge is 0.507 e. The molecule has 3 heterocycles. The van der Waals surface area contributed by atoms with Crippen LogP contribution in [0.1, 0.15) is 53.9 Å². The van der Waals surface area contributed by atoms with E-state index in [9.17, 15) is 14.7 Å². The molecule has 0 aromatic heterocycles. The van der Waals surface area contributed by atoms with Gasteiger partial charge in [0.1, 0.15) is 5.75 Å². The van der Waals surface area contributed by atoms with E-state index in [4.69, 9.17) is 21.1 Å². The molecule has 3 aromatic carbocycles. The molecule has 3 aromatic rings. The molecule has 9 heteroatoms. The standard InChI is InChI=1S/C31H32ClN3O5/c1-39-27-13-23-24(33-17-20-7-6-11-34(20)31(23)38)14-28(27)40-12-5-4-10-29(37)35-18-19(16-32)30-22-9-3-2-8-21(22)26(36)15-25(30)35/h2-3,8-9,13-15,17,19-20,36H,4-7,10-12,16,18H2,1H3/t19-,20+/m1/s1. The number of phenolic OH excluding ortho intramolecular Hbond substituents is 1. The summed E-state index contributed by atoms with van der Waals surface area (Å²) >= 11 is 6.30. The molecule has 0 radical (unpaired) electrons. The zero-order valence-electron chi connectivity index (χ0n) is 22.4. The Morgan fingerprint density at radius 2 is 1.98 bits per heavy atom. The van der Waals surface area contributed by atoms with Gasteiger partial charge in [-0.15, -0.1) is 11.6 Å². The first-order valence-electron chi connectivity index (χ1n) is 13.8. The Kier molecular flexibility index (Phi) is 7.27. The first-order valence-corrected chi connectivity index (χ1v) is 14.3. The van der Waals surface area contributed by atoms with Crippen LogP contribution in [0.15, 0.2) is 47.5 Å². The maximum atomic E-state index is 13.2. The summed E-state index contributed by atoms with van der Waals surface area (Å²) in [5.41, 5.74) is 2.88. The SMILES string of the molecule is COc1cc2c(cc1OCCCCC(=O)N1C[C@@H](CCl)c3c1cc(O)c1ccccc31)N=C[C@@H]1CCCN1C2=O. The molecule has 0 unspecified atom stereocenters. The fraction of sp³-hybridized carbons (Fsp3) is 0.387. The van der Waals surface area contributed by atoms with Gasteiger partial charge in [0.25, 0.3) is 5.91 Å². The third kappa shape index (κ3) is 4.64. The van der Waals surface area contributed by atoms with E-state index in [1.807, 2.05) is 35.4 Å². The fourth-order valence-electron chi connectivity index (χ4n) is 6.10. The van der Waals surface area contributed by atoms with Crippen molar-refractivity contribution in [2.45, 2.75) is 44.1 Å². The van der Waals surface area contributed by atoms with E-state index in [1.54, 1.807) is 30.2 Å². The molecule has 6 rings (SSSR count). The van der Waals surface area contributed by atoms with Crippen LogP contribution in [0.2, 0.25) is 0 Å². The molecule has 2 atom stereocenters. The van der Waals surface area contributed by atoms with Gasteiger partial charge in [-0.1, -0.05) is 24.3 Å². The third-order valence-electron chi connectivity index (χ3n) is 8.13. The minimum Gasteiger partial charge on any atom is -0.507 e. The summed E-state index contributed by atoms with van der Waals surface area (Å²) < 4.78 is 11.6. The van der Waals surface area contributed by atoms with Crippen molar-refractivity contribution in [2.24, 2.45) is 4.99 Å². The first kappa shape index (κ1) is 26.4. The van der Waals surface area contributed by atoms with Crippen molar-refractivity contribution in [3.63, 3.8) is 0 Å². The van der Waals surface area contributed by atoms with Crippen molar-refractivity contribution in [3.8, 4) is 17.2 Å². The Bertz CT molecular complexity index is 1510. The Labute approximate surface area is 238 Å². The van der Waals surface area contributed by atoms with E-state index >= 15 is 0 Å². The number of unbranched alkanes of at least 4 members (excludes halogenated alkanes) is 1. The number of fused-ring (bicyclic) bond motifs is 5. The lowest BCUT2D eigenvalue weighted by Crippen LogP contribution is -2.35. The number of aliphatic imine (C=N–C) groups is 1. The maximum Gasteiger partial charge on any atom is 0.256 e. The molecular weight excluding hydrogens is 530 g/mol. The summed E-state index contributed by atoms with van der Waals surface area (Å²) in [6.07, 6.45) is 5.41. The van der Waals surface area contributed by atoms with Crippen LogP contribution in [0.5, 0.6) is 17.2 Å². The zero-order valence-corrected chi connectivity index (χ0v) is 23.2. The number of hydrogen-bond donors (Lipinski definition) is 1.